The first-order valence-corrected chi connectivity index (χ1v) is 4.82. The Morgan fingerprint density at radius 3 is 2.76 bits per heavy atom. The van der Waals surface area contributed by atoms with Gasteiger partial charge < -0.3 is 20.1 Å². The summed E-state index contributed by atoms with van der Waals surface area (Å²) in [5.41, 5.74) is 6.20. The maximum absolute atomic E-state index is 10.4. The number of aromatic hydroxyl groups is 1. The van der Waals surface area contributed by atoms with Gasteiger partial charge in [0.25, 0.3) is 0 Å². The number of hydrogen-bond acceptors (Lipinski definition) is 5. The SMILES string of the molecule is NC(=O)OCc1cc(-c2ccc(O)cc2)no1. The monoisotopic (exact) mass is 234 g/mol. The topological polar surface area (TPSA) is 98.6 Å². The van der Waals surface area contributed by atoms with Crippen LogP contribution in [0.2, 0.25) is 0 Å². The third kappa shape index (κ3) is 2.75. The van der Waals surface area contributed by atoms with Gasteiger partial charge in [-0.15, -0.1) is 0 Å². The van der Waals surface area contributed by atoms with Gasteiger partial charge in [0, 0.05) is 11.6 Å². The minimum atomic E-state index is -0.868. The highest BCUT2D eigenvalue weighted by atomic mass is 16.6. The van der Waals surface area contributed by atoms with E-state index in [-0.39, 0.29) is 12.4 Å². The largest absolute Gasteiger partial charge is 0.508 e. The van der Waals surface area contributed by atoms with Crippen molar-refractivity contribution in [1.82, 2.24) is 5.16 Å². The van der Waals surface area contributed by atoms with Gasteiger partial charge in [-0.25, -0.2) is 4.79 Å². The minimum Gasteiger partial charge on any atom is -0.508 e. The molecule has 0 fully saturated rings. The Morgan fingerprint density at radius 1 is 1.41 bits per heavy atom. The number of primary amides is 1. The molecule has 0 atom stereocenters. The quantitative estimate of drug-likeness (QED) is 0.841. The van der Waals surface area contributed by atoms with E-state index in [0.29, 0.717) is 11.5 Å². The number of rotatable bonds is 3. The highest BCUT2D eigenvalue weighted by Gasteiger charge is 2.07. The number of amides is 1. The van der Waals surface area contributed by atoms with Crippen molar-refractivity contribution in [2.45, 2.75) is 6.61 Å². The third-order valence-electron chi connectivity index (χ3n) is 2.08. The Labute approximate surface area is 96.6 Å². The van der Waals surface area contributed by atoms with E-state index < -0.39 is 6.09 Å². The van der Waals surface area contributed by atoms with E-state index in [0.717, 1.165) is 5.56 Å². The molecular weight excluding hydrogens is 224 g/mol. The smallest absolute Gasteiger partial charge is 0.404 e. The molecule has 3 N–H and O–H groups in total. The van der Waals surface area contributed by atoms with Gasteiger partial charge in [0.2, 0.25) is 0 Å². The van der Waals surface area contributed by atoms with Crippen LogP contribution in [0, 0.1) is 0 Å². The van der Waals surface area contributed by atoms with E-state index in [1.807, 2.05) is 0 Å². The highest BCUT2D eigenvalue weighted by Crippen LogP contribution is 2.21. The van der Waals surface area contributed by atoms with Gasteiger partial charge in [0.1, 0.15) is 11.4 Å². The fourth-order valence-corrected chi connectivity index (χ4v) is 1.29. The summed E-state index contributed by atoms with van der Waals surface area (Å²) < 4.78 is 9.52. The summed E-state index contributed by atoms with van der Waals surface area (Å²) >= 11 is 0. The molecule has 6 nitrogen and oxygen atoms in total. The molecule has 1 heterocycles. The molecule has 6 heteroatoms. The number of phenols is 1. The standard InChI is InChI=1S/C11H10N2O4/c12-11(15)16-6-9-5-10(13-17-9)7-1-3-8(14)4-2-7/h1-5,14H,6H2,(H2,12,15). The Kier molecular flexibility index (Phi) is 2.95. The predicted octanol–water partition coefficient (Wildman–Crippen LogP) is 1.64. The zero-order valence-electron chi connectivity index (χ0n) is 8.79. The lowest BCUT2D eigenvalue weighted by Crippen LogP contribution is -2.12. The van der Waals surface area contributed by atoms with Crippen molar-refractivity contribution in [1.29, 1.82) is 0 Å². The van der Waals surface area contributed by atoms with E-state index in [9.17, 15) is 4.79 Å². The fourth-order valence-electron chi connectivity index (χ4n) is 1.29. The summed E-state index contributed by atoms with van der Waals surface area (Å²) in [4.78, 5) is 10.4. The number of hydrogen-bond donors (Lipinski definition) is 2. The number of benzene rings is 1. The average Bonchev–Trinajstić information content (AvgIpc) is 2.76. The molecule has 1 aromatic heterocycles. The number of nitrogens with zero attached hydrogens (tertiary/aromatic N) is 1. The van der Waals surface area contributed by atoms with E-state index in [4.69, 9.17) is 15.4 Å². The summed E-state index contributed by atoms with van der Waals surface area (Å²) in [5.74, 6) is 0.571. The van der Waals surface area contributed by atoms with Crippen molar-refractivity contribution in [3.8, 4) is 17.0 Å². The van der Waals surface area contributed by atoms with Gasteiger partial charge in [0.05, 0.1) is 0 Å². The molecule has 17 heavy (non-hydrogen) atoms. The summed E-state index contributed by atoms with van der Waals surface area (Å²) in [6, 6.07) is 8.13. The summed E-state index contributed by atoms with van der Waals surface area (Å²) in [7, 11) is 0. The number of aromatic nitrogens is 1. The molecule has 0 aliphatic heterocycles. The first kappa shape index (κ1) is 11.0. The summed E-state index contributed by atoms with van der Waals surface area (Å²) in [5, 5.41) is 12.9. The predicted molar refractivity (Wildman–Crippen MR) is 58.0 cm³/mol. The van der Waals surface area contributed by atoms with E-state index in [1.165, 1.54) is 0 Å². The molecular formula is C11H10N2O4. The molecule has 0 unspecified atom stereocenters. The van der Waals surface area contributed by atoms with Crippen molar-refractivity contribution < 1.29 is 19.2 Å². The zero-order valence-corrected chi connectivity index (χ0v) is 8.79. The second-order valence-corrected chi connectivity index (χ2v) is 3.33. The van der Waals surface area contributed by atoms with Gasteiger partial charge in [-0.2, -0.15) is 0 Å². The van der Waals surface area contributed by atoms with Gasteiger partial charge in [-0.3, -0.25) is 0 Å². The molecule has 88 valence electrons. The normalized spacial score (nSPS) is 10.1. The first-order chi connectivity index (χ1) is 8.15. The van der Waals surface area contributed by atoms with E-state index in [1.54, 1.807) is 30.3 Å². The van der Waals surface area contributed by atoms with Crippen LogP contribution in [-0.4, -0.2) is 16.4 Å². The van der Waals surface area contributed by atoms with Crippen LogP contribution < -0.4 is 5.73 Å². The Morgan fingerprint density at radius 2 is 2.12 bits per heavy atom. The lowest BCUT2D eigenvalue weighted by Gasteiger charge is -1.95. The Hall–Kier alpha value is -2.50. The van der Waals surface area contributed by atoms with Gasteiger partial charge in [-0.1, -0.05) is 5.16 Å². The van der Waals surface area contributed by atoms with Crippen molar-refractivity contribution >= 4 is 6.09 Å². The van der Waals surface area contributed by atoms with Crippen LogP contribution in [0.5, 0.6) is 5.75 Å². The number of carbonyl (C=O) groups is 1. The Bertz CT molecular complexity index is 519. The highest BCUT2D eigenvalue weighted by molar-refractivity contribution is 5.64. The molecule has 0 saturated carbocycles. The van der Waals surface area contributed by atoms with Crippen LogP contribution in [0.4, 0.5) is 4.79 Å². The van der Waals surface area contributed by atoms with Crippen molar-refractivity contribution in [3.05, 3.63) is 36.1 Å². The number of phenolic OH excluding ortho intramolecular Hbond substituents is 1. The van der Waals surface area contributed by atoms with Crippen LogP contribution in [0.25, 0.3) is 11.3 Å². The van der Waals surface area contributed by atoms with Crippen LogP contribution in [0.1, 0.15) is 5.76 Å². The molecule has 0 spiro atoms. The molecule has 0 aliphatic rings. The molecule has 2 rings (SSSR count). The fraction of sp³-hybridized carbons (Fsp3) is 0.0909. The molecule has 2 aromatic rings. The van der Waals surface area contributed by atoms with Crippen molar-refractivity contribution in [2.24, 2.45) is 5.73 Å². The zero-order chi connectivity index (χ0) is 12.3. The van der Waals surface area contributed by atoms with Crippen LogP contribution >= 0.6 is 0 Å². The average molecular weight is 234 g/mol. The second kappa shape index (κ2) is 4.56. The number of carbonyl (C=O) groups excluding carboxylic acids is 1. The van der Waals surface area contributed by atoms with Crippen LogP contribution in [0.15, 0.2) is 34.9 Å². The number of ether oxygens (including phenoxy) is 1. The van der Waals surface area contributed by atoms with Crippen LogP contribution in [-0.2, 0) is 11.3 Å². The molecule has 0 radical (unpaired) electrons. The maximum atomic E-state index is 10.4. The molecule has 1 amide bonds. The van der Waals surface area contributed by atoms with Gasteiger partial charge in [0.15, 0.2) is 12.4 Å². The van der Waals surface area contributed by atoms with Crippen LogP contribution in [0.3, 0.4) is 0 Å². The third-order valence-corrected chi connectivity index (χ3v) is 2.08. The van der Waals surface area contributed by atoms with Crippen molar-refractivity contribution in [2.75, 3.05) is 0 Å². The molecule has 0 bridgehead atoms. The van der Waals surface area contributed by atoms with Gasteiger partial charge in [-0.05, 0) is 24.3 Å². The van der Waals surface area contributed by atoms with E-state index in [2.05, 4.69) is 9.89 Å². The first-order valence-electron chi connectivity index (χ1n) is 4.82. The molecule has 1 aromatic carbocycles. The lowest BCUT2D eigenvalue weighted by atomic mass is 10.1. The lowest BCUT2D eigenvalue weighted by molar-refractivity contribution is 0.137. The van der Waals surface area contributed by atoms with Crippen molar-refractivity contribution in [3.63, 3.8) is 0 Å². The summed E-state index contributed by atoms with van der Waals surface area (Å²) in [6.07, 6.45) is -0.868. The molecule has 0 saturated heterocycles. The Balaban J connectivity index is 2.12. The minimum absolute atomic E-state index is 0.0551. The van der Waals surface area contributed by atoms with E-state index >= 15 is 0 Å². The summed E-state index contributed by atoms with van der Waals surface area (Å²) in [6.45, 7) is -0.0551. The second-order valence-electron chi connectivity index (χ2n) is 3.33. The van der Waals surface area contributed by atoms with Gasteiger partial charge >= 0.3 is 6.09 Å². The molecule has 0 aliphatic carbocycles. The maximum Gasteiger partial charge on any atom is 0.404 e. The number of nitrogens with two attached hydrogens (primary N) is 1.